The molecule has 8 heteroatoms. The average Bonchev–Trinajstić information content (AvgIpc) is 3.32. The second-order valence-electron chi connectivity index (χ2n) is 9.24. The highest BCUT2D eigenvalue weighted by molar-refractivity contribution is 6.01. The van der Waals surface area contributed by atoms with Crippen molar-refractivity contribution >= 4 is 40.9 Å². The van der Waals surface area contributed by atoms with Gasteiger partial charge in [0.05, 0.1) is 31.6 Å². The van der Waals surface area contributed by atoms with Crippen molar-refractivity contribution in [3.8, 4) is 11.5 Å². The maximum absolute atomic E-state index is 12.7. The fourth-order valence-electron chi connectivity index (χ4n) is 4.34. The Morgan fingerprint density at radius 1 is 0.725 bits per heavy atom. The predicted octanol–water partition coefficient (Wildman–Crippen LogP) is 6.18. The van der Waals surface area contributed by atoms with Crippen LogP contribution in [0.5, 0.6) is 11.5 Å². The summed E-state index contributed by atoms with van der Waals surface area (Å²) in [7, 11) is 0. The number of para-hydroxylation sites is 1. The van der Waals surface area contributed by atoms with E-state index in [4.69, 9.17) is 14.6 Å². The van der Waals surface area contributed by atoms with Gasteiger partial charge in [0, 0.05) is 18.0 Å². The zero-order valence-corrected chi connectivity index (χ0v) is 22.0. The number of fused-ring (bicyclic) bond motifs is 1. The summed E-state index contributed by atoms with van der Waals surface area (Å²) in [4.78, 5) is 35.1. The topological polar surface area (TPSA) is 115 Å². The number of unbranched alkanes of at least 4 members (excludes halogenated alkanes) is 1. The molecule has 0 spiro atoms. The van der Waals surface area contributed by atoms with Gasteiger partial charge in [-0.15, -0.1) is 0 Å². The van der Waals surface area contributed by atoms with E-state index >= 15 is 0 Å². The van der Waals surface area contributed by atoms with Crippen LogP contribution in [0.4, 0.5) is 0 Å². The van der Waals surface area contributed by atoms with E-state index < -0.39 is 17.8 Å². The van der Waals surface area contributed by atoms with Gasteiger partial charge >= 0.3 is 11.9 Å². The first-order valence-electron chi connectivity index (χ1n) is 13.1. The Kier molecular flexibility index (Phi) is 9.72. The Balaban J connectivity index is 1.39. The summed E-state index contributed by atoms with van der Waals surface area (Å²) in [6, 6.07) is 22.8. The summed E-state index contributed by atoms with van der Waals surface area (Å²) in [5, 5.41) is 19.0. The Morgan fingerprint density at radius 2 is 1.40 bits per heavy atom. The standard InChI is InChI=1S/C32H31NO7/c34-29(17-18-30(35)36)33-22-25(21-31(37)38)32-24(7-6-10-28(32)33)14-11-23-12-15-27(16-13-23)40-20-5-4-19-39-26-8-2-1-3-9-26/h1-3,6-16,22H,4-5,17-21H2,(H,35,36)(H,37,38)/b14-11+. The lowest BCUT2D eigenvalue weighted by Crippen LogP contribution is -2.11. The van der Waals surface area contributed by atoms with E-state index in [1.54, 1.807) is 12.1 Å². The lowest BCUT2D eigenvalue weighted by molar-refractivity contribution is -0.137. The maximum Gasteiger partial charge on any atom is 0.307 e. The van der Waals surface area contributed by atoms with Crippen LogP contribution in [-0.4, -0.2) is 45.8 Å². The molecule has 0 aliphatic rings. The number of aromatic nitrogens is 1. The quantitative estimate of drug-likeness (QED) is 0.145. The number of carboxylic acid groups (broad SMARTS) is 2. The van der Waals surface area contributed by atoms with E-state index in [0.29, 0.717) is 29.7 Å². The fourth-order valence-corrected chi connectivity index (χ4v) is 4.34. The molecular weight excluding hydrogens is 510 g/mol. The molecule has 0 aliphatic carbocycles. The van der Waals surface area contributed by atoms with Crippen molar-refractivity contribution in [3.05, 3.63) is 95.7 Å². The van der Waals surface area contributed by atoms with Crippen molar-refractivity contribution in [2.45, 2.75) is 32.1 Å². The Hall–Kier alpha value is -4.85. The van der Waals surface area contributed by atoms with Crippen molar-refractivity contribution in [1.29, 1.82) is 0 Å². The fraction of sp³-hybridized carbons (Fsp3) is 0.219. The first-order valence-corrected chi connectivity index (χ1v) is 13.1. The van der Waals surface area contributed by atoms with Crippen LogP contribution in [0.3, 0.4) is 0 Å². The van der Waals surface area contributed by atoms with E-state index in [0.717, 1.165) is 35.5 Å². The van der Waals surface area contributed by atoms with E-state index in [1.807, 2.05) is 72.8 Å². The lowest BCUT2D eigenvalue weighted by atomic mass is 10.0. The Bertz CT molecular complexity index is 1490. The monoisotopic (exact) mass is 541 g/mol. The molecule has 40 heavy (non-hydrogen) atoms. The molecule has 0 aliphatic heterocycles. The van der Waals surface area contributed by atoms with Gasteiger partial charge in [-0.1, -0.05) is 54.6 Å². The number of aliphatic carboxylic acids is 2. The van der Waals surface area contributed by atoms with Crippen molar-refractivity contribution in [2.24, 2.45) is 0 Å². The van der Waals surface area contributed by atoms with E-state index in [-0.39, 0.29) is 19.3 Å². The smallest absolute Gasteiger partial charge is 0.307 e. The first-order chi connectivity index (χ1) is 19.4. The van der Waals surface area contributed by atoms with E-state index in [9.17, 15) is 19.5 Å². The van der Waals surface area contributed by atoms with Crippen LogP contribution >= 0.6 is 0 Å². The molecule has 206 valence electrons. The molecule has 8 nitrogen and oxygen atoms in total. The second kappa shape index (κ2) is 13.8. The summed E-state index contributed by atoms with van der Waals surface area (Å²) < 4.78 is 12.9. The molecule has 0 radical (unpaired) electrons. The van der Waals surface area contributed by atoms with Gasteiger partial charge in [0.15, 0.2) is 0 Å². The van der Waals surface area contributed by atoms with Crippen LogP contribution in [0.15, 0.2) is 79.0 Å². The maximum atomic E-state index is 12.7. The van der Waals surface area contributed by atoms with Gasteiger partial charge in [0.1, 0.15) is 11.5 Å². The van der Waals surface area contributed by atoms with Gasteiger partial charge in [-0.3, -0.25) is 19.0 Å². The number of carbonyl (C=O) groups is 3. The highest BCUT2D eigenvalue weighted by Crippen LogP contribution is 2.28. The number of carboxylic acids is 2. The van der Waals surface area contributed by atoms with Crippen LogP contribution in [0.25, 0.3) is 23.1 Å². The molecule has 2 N–H and O–H groups in total. The number of hydrogen-bond donors (Lipinski definition) is 2. The lowest BCUT2D eigenvalue weighted by Gasteiger charge is -2.08. The summed E-state index contributed by atoms with van der Waals surface area (Å²) in [6.07, 6.45) is 6.31. The molecule has 0 amide bonds. The molecule has 1 aromatic heterocycles. The van der Waals surface area contributed by atoms with Gasteiger partial charge in [0.25, 0.3) is 0 Å². The summed E-state index contributed by atoms with van der Waals surface area (Å²) in [6.45, 7) is 1.22. The number of benzene rings is 3. The molecule has 0 saturated carbocycles. The predicted molar refractivity (Wildman–Crippen MR) is 153 cm³/mol. The van der Waals surface area contributed by atoms with Gasteiger partial charge in [-0.2, -0.15) is 0 Å². The van der Waals surface area contributed by atoms with Crippen molar-refractivity contribution in [3.63, 3.8) is 0 Å². The van der Waals surface area contributed by atoms with Crippen molar-refractivity contribution < 1.29 is 34.1 Å². The minimum atomic E-state index is -1.07. The largest absolute Gasteiger partial charge is 0.494 e. The zero-order valence-electron chi connectivity index (χ0n) is 22.0. The van der Waals surface area contributed by atoms with Crippen LogP contribution in [-0.2, 0) is 16.0 Å². The van der Waals surface area contributed by atoms with Crippen molar-refractivity contribution in [2.75, 3.05) is 13.2 Å². The number of hydrogen-bond acceptors (Lipinski definition) is 5. The summed E-state index contributed by atoms with van der Waals surface area (Å²) >= 11 is 0. The van der Waals surface area contributed by atoms with Crippen LogP contribution in [0, 0.1) is 0 Å². The molecule has 4 aromatic rings. The number of nitrogens with zero attached hydrogens (tertiary/aromatic N) is 1. The average molecular weight is 542 g/mol. The molecule has 0 saturated heterocycles. The number of ether oxygens (including phenoxy) is 2. The van der Waals surface area contributed by atoms with Gasteiger partial charge in [-0.05, 0) is 59.9 Å². The number of carbonyl (C=O) groups excluding carboxylic acids is 1. The number of rotatable bonds is 14. The molecule has 0 bridgehead atoms. The van der Waals surface area contributed by atoms with Crippen LogP contribution in [0.1, 0.15) is 47.2 Å². The Labute approximate surface area is 232 Å². The second-order valence-corrected chi connectivity index (χ2v) is 9.24. The summed E-state index contributed by atoms with van der Waals surface area (Å²) in [5.41, 5.74) is 2.73. The molecule has 0 atom stereocenters. The molecule has 0 unspecified atom stereocenters. The first kappa shape index (κ1) is 28.2. The minimum absolute atomic E-state index is 0.179. The van der Waals surface area contributed by atoms with Crippen molar-refractivity contribution in [1.82, 2.24) is 4.57 Å². The third-order valence-corrected chi connectivity index (χ3v) is 6.26. The molecule has 3 aromatic carbocycles. The molecule has 0 fully saturated rings. The van der Waals surface area contributed by atoms with Gasteiger partial charge in [0.2, 0.25) is 5.91 Å². The normalized spacial score (nSPS) is 11.1. The Morgan fingerprint density at radius 3 is 2.05 bits per heavy atom. The summed E-state index contributed by atoms with van der Waals surface area (Å²) in [5.74, 6) is -0.851. The minimum Gasteiger partial charge on any atom is -0.494 e. The van der Waals surface area contributed by atoms with Gasteiger partial charge < -0.3 is 19.7 Å². The van der Waals surface area contributed by atoms with Crippen LogP contribution in [0.2, 0.25) is 0 Å². The molecule has 4 rings (SSSR count). The van der Waals surface area contributed by atoms with E-state index in [1.165, 1.54) is 10.8 Å². The zero-order chi connectivity index (χ0) is 28.3. The van der Waals surface area contributed by atoms with E-state index in [2.05, 4.69) is 0 Å². The SMILES string of the molecule is O=C(O)CCC(=O)n1cc(CC(=O)O)c2c(/C=C/c3ccc(OCCCCOc4ccccc4)cc3)cccc21. The third kappa shape index (κ3) is 7.83. The highest BCUT2D eigenvalue weighted by Gasteiger charge is 2.18. The molecule has 1 heterocycles. The third-order valence-electron chi connectivity index (χ3n) is 6.26. The highest BCUT2D eigenvalue weighted by atomic mass is 16.5. The molecular formula is C32H31NO7. The van der Waals surface area contributed by atoms with Gasteiger partial charge in [-0.25, -0.2) is 0 Å². The van der Waals surface area contributed by atoms with Crippen LogP contribution < -0.4 is 9.47 Å².